The number of rotatable bonds is 4. The molecule has 0 radical (unpaired) electrons. The van der Waals surface area contributed by atoms with Crippen molar-refractivity contribution in [2.45, 2.75) is 0 Å². The van der Waals surface area contributed by atoms with E-state index in [2.05, 4.69) is 38.4 Å². The molecule has 2 heterocycles. The molecule has 7 heteroatoms. The molecule has 1 saturated heterocycles. The van der Waals surface area contributed by atoms with Crippen molar-refractivity contribution in [2.24, 2.45) is 0 Å². The lowest BCUT2D eigenvalue weighted by molar-refractivity contribution is 0.178. The van der Waals surface area contributed by atoms with Gasteiger partial charge >= 0.3 is 0 Å². The van der Waals surface area contributed by atoms with E-state index in [1.165, 1.54) is 6.33 Å². The number of hydrazine groups is 1. The fourth-order valence-corrected chi connectivity index (χ4v) is 2.96. The Bertz CT molecular complexity index is 907. The third-order valence-corrected chi connectivity index (χ3v) is 4.55. The van der Waals surface area contributed by atoms with Gasteiger partial charge in [-0.2, -0.15) is 4.98 Å². The van der Waals surface area contributed by atoms with E-state index in [-0.39, 0.29) is 0 Å². The summed E-state index contributed by atoms with van der Waals surface area (Å²) >= 11 is 0. The highest BCUT2D eigenvalue weighted by Gasteiger charge is 2.17. The minimum absolute atomic E-state index is 0.354. The minimum Gasteiger partial charge on any atom is -0.437 e. The number of anilines is 2. The lowest BCUT2D eigenvalue weighted by Gasteiger charge is -2.32. The van der Waals surface area contributed by atoms with Gasteiger partial charge in [-0.15, -0.1) is 0 Å². The number of nitrogens with two attached hydrogens (primary N) is 1. The summed E-state index contributed by atoms with van der Waals surface area (Å²) in [5, 5.41) is 4.37. The molecule has 134 valence electrons. The van der Waals surface area contributed by atoms with Crippen LogP contribution in [0.5, 0.6) is 11.6 Å². The van der Waals surface area contributed by atoms with Crippen LogP contribution >= 0.6 is 0 Å². The lowest BCUT2D eigenvalue weighted by Crippen LogP contribution is -2.47. The number of fused-ring (bicyclic) bond motifs is 1. The normalized spacial score (nSPS) is 15.9. The summed E-state index contributed by atoms with van der Waals surface area (Å²) in [7, 11) is 2.12. The molecule has 0 atom stereocenters. The molecule has 2 aromatic carbocycles. The number of ether oxygens (including phenoxy) is 1. The molecule has 1 aromatic heterocycles. The molecular formula is C19H22N6O. The Morgan fingerprint density at radius 3 is 2.58 bits per heavy atom. The second-order valence-corrected chi connectivity index (χ2v) is 6.45. The van der Waals surface area contributed by atoms with Crippen molar-refractivity contribution >= 4 is 22.3 Å². The maximum absolute atomic E-state index is 6.24. The molecule has 0 spiro atoms. The minimum atomic E-state index is 0.354. The molecule has 0 unspecified atom stereocenters. The average Bonchev–Trinajstić information content (AvgIpc) is 2.67. The van der Waals surface area contributed by atoms with E-state index >= 15 is 0 Å². The van der Waals surface area contributed by atoms with Crippen molar-refractivity contribution in [1.82, 2.24) is 19.9 Å². The van der Waals surface area contributed by atoms with Crippen molar-refractivity contribution in [3.63, 3.8) is 0 Å². The fourth-order valence-electron chi connectivity index (χ4n) is 2.96. The highest BCUT2D eigenvalue weighted by atomic mass is 16.5. The molecule has 3 aromatic rings. The van der Waals surface area contributed by atoms with Crippen LogP contribution in [-0.2, 0) is 0 Å². The van der Waals surface area contributed by atoms with Crippen LogP contribution in [0, 0.1) is 0 Å². The number of nitrogens with one attached hydrogen (secondary N) is 1. The Labute approximate surface area is 152 Å². The molecule has 26 heavy (non-hydrogen) atoms. The number of hydrogen-bond donors (Lipinski definition) is 2. The Kier molecular flexibility index (Phi) is 4.55. The number of benzene rings is 2. The van der Waals surface area contributed by atoms with Crippen LogP contribution in [0.4, 0.5) is 11.5 Å². The molecule has 0 bridgehead atoms. The monoisotopic (exact) mass is 350 g/mol. The number of piperazine rings is 1. The van der Waals surface area contributed by atoms with E-state index in [1.807, 2.05) is 36.4 Å². The van der Waals surface area contributed by atoms with E-state index in [0.29, 0.717) is 23.1 Å². The topological polar surface area (TPSA) is 79.5 Å². The quantitative estimate of drug-likeness (QED) is 0.748. The zero-order valence-corrected chi connectivity index (χ0v) is 14.7. The van der Waals surface area contributed by atoms with Gasteiger partial charge in [-0.05, 0) is 30.0 Å². The molecule has 7 nitrogen and oxygen atoms in total. The second kappa shape index (κ2) is 7.15. The number of aromatic nitrogens is 2. The van der Waals surface area contributed by atoms with Gasteiger partial charge in [0.1, 0.15) is 17.8 Å². The Morgan fingerprint density at radius 2 is 1.77 bits per heavy atom. The first-order chi connectivity index (χ1) is 12.7. The molecule has 4 rings (SSSR count). The highest BCUT2D eigenvalue weighted by molar-refractivity contribution is 5.83. The fraction of sp³-hybridized carbons (Fsp3) is 0.263. The molecule has 1 aliphatic heterocycles. The van der Waals surface area contributed by atoms with E-state index in [1.54, 1.807) is 0 Å². The van der Waals surface area contributed by atoms with E-state index in [0.717, 1.165) is 37.0 Å². The van der Waals surface area contributed by atoms with Crippen LogP contribution in [0.3, 0.4) is 0 Å². The third kappa shape index (κ3) is 3.54. The van der Waals surface area contributed by atoms with Gasteiger partial charge in [0, 0.05) is 26.2 Å². The molecule has 0 aliphatic carbocycles. The Morgan fingerprint density at radius 1 is 1.00 bits per heavy atom. The van der Waals surface area contributed by atoms with Crippen molar-refractivity contribution < 1.29 is 4.74 Å². The van der Waals surface area contributed by atoms with Crippen LogP contribution in [0.2, 0.25) is 0 Å². The number of nitrogens with zero attached hydrogens (tertiary/aromatic N) is 4. The molecule has 0 amide bonds. The first-order valence-electron chi connectivity index (χ1n) is 8.66. The van der Waals surface area contributed by atoms with Crippen molar-refractivity contribution in [3.05, 3.63) is 48.8 Å². The van der Waals surface area contributed by atoms with Crippen LogP contribution in [0.25, 0.3) is 10.8 Å². The van der Waals surface area contributed by atoms with Crippen molar-refractivity contribution in [1.29, 1.82) is 0 Å². The molecule has 3 N–H and O–H groups in total. The van der Waals surface area contributed by atoms with Crippen LogP contribution < -0.4 is 15.9 Å². The van der Waals surface area contributed by atoms with Crippen LogP contribution in [0.1, 0.15) is 0 Å². The number of likely N-dealkylation sites (N-methyl/N-ethyl adjacent to an activating group) is 1. The van der Waals surface area contributed by atoms with E-state index in [4.69, 9.17) is 10.5 Å². The molecule has 1 aliphatic rings. The molecule has 1 fully saturated rings. The van der Waals surface area contributed by atoms with Crippen LogP contribution in [-0.4, -0.2) is 53.1 Å². The van der Waals surface area contributed by atoms with Gasteiger partial charge in [-0.3, -0.25) is 0 Å². The predicted octanol–water partition coefficient (Wildman–Crippen LogP) is 2.58. The lowest BCUT2D eigenvalue weighted by atomic mass is 10.1. The van der Waals surface area contributed by atoms with E-state index in [9.17, 15) is 0 Å². The van der Waals surface area contributed by atoms with Gasteiger partial charge in [0.05, 0.1) is 0 Å². The number of nitrogen functional groups attached to an aromatic ring is 1. The van der Waals surface area contributed by atoms with Crippen molar-refractivity contribution in [2.75, 3.05) is 44.4 Å². The van der Waals surface area contributed by atoms with Gasteiger partial charge in [0.25, 0.3) is 0 Å². The van der Waals surface area contributed by atoms with Crippen molar-refractivity contribution in [3.8, 4) is 11.6 Å². The van der Waals surface area contributed by atoms with Gasteiger partial charge in [-0.25, -0.2) is 9.99 Å². The van der Waals surface area contributed by atoms with Crippen LogP contribution in [0.15, 0.2) is 48.8 Å². The summed E-state index contributed by atoms with van der Waals surface area (Å²) in [5.41, 5.74) is 9.92. The smallest absolute Gasteiger partial charge is 0.248 e. The standard InChI is InChI=1S/C19H22N6O/c1-24-8-10-25(11-9-24)23-18-17(20)19(22-13-21-18)26-16-7-6-14-4-2-3-5-15(14)12-16/h2-7,12-13H,8-11,20H2,1H3,(H,21,22,23). The maximum atomic E-state index is 6.24. The Balaban J connectivity index is 1.53. The first kappa shape index (κ1) is 16.6. The summed E-state index contributed by atoms with van der Waals surface area (Å²) in [6, 6.07) is 14.0. The summed E-state index contributed by atoms with van der Waals surface area (Å²) in [4.78, 5) is 10.7. The van der Waals surface area contributed by atoms with Gasteiger partial charge < -0.3 is 20.8 Å². The molecule has 0 saturated carbocycles. The Hall–Kier alpha value is -2.90. The number of hydrogen-bond acceptors (Lipinski definition) is 7. The zero-order valence-electron chi connectivity index (χ0n) is 14.7. The predicted molar refractivity (Wildman–Crippen MR) is 103 cm³/mol. The molecular weight excluding hydrogens is 328 g/mol. The van der Waals surface area contributed by atoms with Gasteiger partial charge in [0.15, 0.2) is 5.82 Å². The first-order valence-corrected chi connectivity index (χ1v) is 8.66. The van der Waals surface area contributed by atoms with Gasteiger partial charge in [-0.1, -0.05) is 30.3 Å². The summed E-state index contributed by atoms with van der Waals surface area (Å²) in [5.74, 6) is 1.62. The SMILES string of the molecule is CN1CCN(Nc2ncnc(Oc3ccc4ccccc4c3)c2N)CC1. The average molecular weight is 350 g/mol. The summed E-state index contributed by atoms with van der Waals surface area (Å²) in [6.45, 7) is 3.80. The summed E-state index contributed by atoms with van der Waals surface area (Å²) in [6.07, 6.45) is 1.46. The third-order valence-electron chi connectivity index (χ3n) is 4.55. The second-order valence-electron chi connectivity index (χ2n) is 6.45. The summed E-state index contributed by atoms with van der Waals surface area (Å²) < 4.78 is 5.92. The maximum Gasteiger partial charge on any atom is 0.248 e. The highest BCUT2D eigenvalue weighted by Crippen LogP contribution is 2.31. The largest absolute Gasteiger partial charge is 0.437 e. The van der Waals surface area contributed by atoms with Gasteiger partial charge in [0.2, 0.25) is 5.88 Å². The van der Waals surface area contributed by atoms with E-state index < -0.39 is 0 Å². The zero-order chi connectivity index (χ0) is 17.9.